The van der Waals surface area contributed by atoms with Gasteiger partial charge in [0.25, 0.3) is 0 Å². The molecule has 170 valence electrons. The Labute approximate surface area is 194 Å². The van der Waals surface area contributed by atoms with Crippen molar-refractivity contribution in [1.82, 2.24) is 10.3 Å². The molecule has 0 aliphatic carbocycles. The molecule has 8 heteroatoms. The summed E-state index contributed by atoms with van der Waals surface area (Å²) in [5.41, 5.74) is 0.639. The Balaban J connectivity index is 1.74. The van der Waals surface area contributed by atoms with Crippen LogP contribution in [-0.2, 0) is 0 Å². The number of rotatable bonds is 11. The van der Waals surface area contributed by atoms with Crippen LogP contribution in [0, 0.1) is 12.0 Å². The second-order valence-electron chi connectivity index (χ2n) is 7.03. The van der Waals surface area contributed by atoms with Gasteiger partial charge in [0, 0.05) is 30.2 Å². The molecular weight excluding hydrogens is 428 g/mol. The monoisotopic (exact) mass is 456 g/mol. The first-order valence-electron chi connectivity index (χ1n) is 10.7. The molecule has 3 N–H and O–H groups in total. The van der Waals surface area contributed by atoms with Crippen molar-refractivity contribution < 1.29 is 14.6 Å². The molecule has 0 atom stereocenters. The van der Waals surface area contributed by atoms with Gasteiger partial charge in [0.15, 0.2) is 0 Å². The highest BCUT2D eigenvalue weighted by Crippen LogP contribution is 2.16. The van der Waals surface area contributed by atoms with E-state index in [0.29, 0.717) is 29.8 Å². The minimum Gasteiger partial charge on any atom is -0.494 e. The molecular formula is C24H29ClN4O3. The maximum Gasteiger partial charge on any atom is 0.337 e. The molecule has 0 fully saturated rings. The largest absolute Gasteiger partial charge is 0.494 e. The number of guanidine groups is 1. The van der Waals surface area contributed by atoms with Gasteiger partial charge < -0.3 is 20.5 Å². The Bertz CT molecular complexity index is 936. The number of pyridine rings is 1. The minimum absolute atomic E-state index is 0.104. The van der Waals surface area contributed by atoms with Crippen molar-refractivity contribution in [1.29, 1.82) is 0 Å². The molecule has 2 rings (SSSR count). The van der Waals surface area contributed by atoms with Crippen molar-refractivity contribution in [2.45, 2.75) is 45.4 Å². The maximum absolute atomic E-state index is 11.1. The van der Waals surface area contributed by atoms with Crippen molar-refractivity contribution in [3.8, 4) is 17.7 Å². The fourth-order valence-corrected chi connectivity index (χ4v) is 2.78. The highest BCUT2D eigenvalue weighted by molar-refractivity contribution is 6.30. The van der Waals surface area contributed by atoms with Gasteiger partial charge in [-0.1, -0.05) is 37.3 Å². The molecule has 0 amide bonds. The highest BCUT2D eigenvalue weighted by atomic mass is 35.5. The number of hydrogen-bond acceptors (Lipinski definition) is 4. The van der Waals surface area contributed by atoms with Crippen LogP contribution in [0.15, 0.2) is 47.7 Å². The second-order valence-corrected chi connectivity index (χ2v) is 7.47. The van der Waals surface area contributed by atoms with Crippen LogP contribution in [0.25, 0.3) is 0 Å². The second kappa shape index (κ2) is 14.7. The van der Waals surface area contributed by atoms with E-state index in [1.54, 1.807) is 6.20 Å². The number of carboxylic acid groups (broad SMARTS) is 1. The summed E-state index contributed by atoms with van der Waals surface area (Å²) in [6.45, 7) is 3.44. The molecule has 0 radical (unpaired) electrons. The van der Waals surface area contributed by atoms with Crippen LogP contribution in [0.4, 0.5) is 5.69 Å². The Morgan fingerprint density at radius 2 is 1.97 bits per heavy atom. The van der Waals surface area contributed by atoms with Gasteiger partial charge in [-0.3, -0.25) is 4.98 Å². The first-order chi connectivity index (χ1) is 15.6. The van der Waals surface area contributed by atoms with E-state index in [2.05, 4.69) is 39.5 Å². The summed E-state index contributed by atoms with van der Waals surface area (Å²) < 4.78 is 5.70. The molecule has 0 unspecified atom stereocenters. The van der Waals surface area contributed by atoms with Crippen molar-refractivity contribution in [3.05, 3.63) is 53.3 Å². The van der Waals surface area contributed by atoms with E-state index in [1.165, 1.54) is 12.3 Å². The quantitative estimate of drug-likeness (QED) is 0.186. The van der Waals surface area contributed by atoms with Gasteiger partial charge in [0.1, 0.15) is 5.75 Å². The molecule has 2 aromatic rings. The summed E-state index contributed by atoms with van der Waals surface area (Å²) >= 11 is 5.86. The summed E-state index contributed by atoms with van der Waals surface area (Å²) in [7, 11) is 0. The van der Waals surface area contributed by atoms with Gasteiger partial charge in [0.05, 0.1) is 24.1 Å². The van der Waals surface area contributed by atoms with E-state index in [1.807, 2.05) is 24.3 Å². The summed E-state index contributed by atoms with van der Waals surface area (Å²) in [6, 6.07) is 11.7. The van der Waals surface area contributed by atoms with Crippen LogP contribution in [0.2, 0.25) is 5.02 Å². The first kappa shape index (κ1) is 25.0. The molecule has 0 spiro atoms. The number of halogens is 1. The lowest BCUT2D eigenvalue weighted by molar-refractivity contribution is 0.0696. The number of carboxylic acids is 1. The molecule has 7 nitrogen and oxygen atoms in total. The normalized spacial score (nSPS) is 10.8. The number of unbranched alkanes of at least 4 members (excludes halogenated alkanes) is 4. The Kier molecular flexibility index (Phi) is 11.5. The number of aliphatic imine (C=N–C) groups is 1. The number of aromatic nitrogens is 1. The zero-order chi connectivity index (χ0) is 23.0. The number of benzene rings is 1. The highest BCUT2D eigenvalue weighted by Gasteiger charge is 2.06. The maximum atomic E-state index is 11.1. The van der Waals surface area contributed by atoms with E-state index >= 15 is 0 Å². The third kappa shape index (κ3) is 10.2. The predicted octanol–water partition coefficient (Wildman–Crippen LogP) is 5.19. The number of anilines is 1. The lowest BCUT2D eigenvalue weighted by Gasteiger charge is -2.11. The fraction of sp³-hybridized carbons (Fsp3) is 0.375. The lowest BCUT2D eigenvalue weighted by atomic mass is 10.2. The summed E-state index contributed by atoms with van der Waals surface area (Å²) in [4.78, 5) is 19.3. The number of nitrogens with one attached hydrogen (secondary N) is 2. The number of carbonyl (C=O) groups is 1. The van der Waals surface area contributed by atoms with Crippen molar-refractivity contribution in [2.75, 3.05) is 18.5 Å². The van der Waals surface area contributed by atoms with E-state index in [0.717, 1.165) is 44.3 Å². The smallest absolute Gasteiger partial charge is 0.337 e. The van der Waals surface area contributed by atoms with Gasteiger partial charge >= 0.3 is 5.97 Å². The van der Waals surface area contributed by atoms with Gasteiger partial charge in [-0.15, -0.1) is 0 Å². The zero-order valence-electron chi connectivity index (χ0n) is 18.2. The van der Waals surface area contributed by atoms with Gasteiger partial charge in [-0.2, -0.15) is 4.99 Å². The Hall–Kier alpha value is -3.24. The van der Waals surface area contributed by atoms with E-state index in [-0.39, 0.29) is 5.56 Å². The molecule has 1 aromatic carbocycles. The molecule has 1 heterocycles. The fourth-order valence-electron chi connectivity index (χ4n) is 2.66. The van der Waals surface area contributed by atoms with E-state index in [9.17, 15) is 4.79 Å². The standard InChI is InChI=1S/C24H29ClN4O3/c1-2-3-6-13-27-24(29-21-16-19(23(30)31)17-26-18-21)28-14-7-4-5-8-15-32-22-11-9-20(25)10-12-22/h9-12,16-18H,2-5,7-8,14-15H2,1H3,(H,30,31)(H2,27,28,29). The van der Waals surface area contributed by atoms with Crippen LogP contribution in [0.5, 0.6) is 5.75 Å². The topological polar surface area (TPSA) is 95.8 Å². The van der Waals surface area contributed by atoms with Crippen LogP contribution >= 0.6 is 11.6 Å². The SMILES string of the molecule is CCCC#CN=C(NCCCCCCOc1ccc(Cl)cc1)Nc1cncc(C(=O)O)c1. The molecule has 0 aliphatic rings. The average Bonchev–Trinajstić information content (AvgIpc) is 2.79. The molecule has 0 bridgehead atoms. The zero-order valence-corrected chi connectivity index (χ0v) is 19.0. The Morgan fingerprint density at radius 1 is 1.19 bits per heavy atom. The van der Waals surface area contributed by atoms with Gasteiger partial charge in [-0.25, -0.2) is 4.79 Å². The number of aromatic carboxylic acids is 1. The van der Waals surface area contributed by atoms with E-state index in [4.69, 9.17) is 21.4 Å². The lowest BCUT2D eigenvalue weighted by Crippen LogP contribution is -2.31. The van der Waals surface area contributed by atoms with Crippen LogP contribution in [-0.4, -0.2) is 35.2 Å². The van der Waals surface area contributed by atoms with E-state index < -0.39 is 5.97 Å². The van der Waals surface area contributed by atoms with Gasteiger partial charge in [0.2, 0.25) is 5.96 Å². The molecule has 0 aliphatic heterocycles. The first-order valence-corrected chi connectivity index (χ1v) is 11.1. The average molecular weight is 457 g/mol. The summed E-state index contributed by atoms with van der Waals surface area (Å²) in [5.74, 6) is 3.25. The van der Waals surface area contributed by atoms with Crippen LogP contribution in [0.1, 0.15) is 55.8 Å². The molecule has 0 saturated carbocycles. The number of nitrogens with zero attached hydrogens (tertiary/aromatic N) is 2. The van der Waals surface area contributed by atoms with Crippen molar-refractivity contribution in [2.24, 2.45) is 4.99 Å². The predicted molar refractivity (Wildman–Crippen MR) is 128 cm³/mol. The minimum atomic E-state index is -1.03. The molecule has 0 saturated heterocycles. The van der Waals surface area contributed by atoms with Crippen molar-refractivity contribution >= 4 is 29.2 Å². The number of ether oxygens (including phenoxy) is 1. The van der Waals surface area contributed by atoms with Crippen LogP contribution in [0.3, 0.4) is 0 Å². The molecule has 32 heavy (non-hydrogen) atoms. The van der Waals surface area contributed by atoms with Gasteiger partial charge in [-0.05, 0) is 49.6 Å². The molecule has 1 aromatic heterocycles. The number of hydrogen-bond donors (Lipinski definition) is 3. The Morgan fingerprint density at radius 3 is 2.72 bits per heavy atom. The third-order valence-corrected chi connectivity index (χ3v) is 4.57. The third-order valence-electron chi connectivity index (χ3n) is 4.32. The summed E-state index contributed by atoms with van der Waals surface area (Å²) in [6.07, 6.45) is 8.60. The van der Waals surface area contributed by atoms with Crippen LogP contribution < -0.4 is 15.4 Å². The summed E-state index contributed by atoms with van der Waals surface area (Å²) in [5, 5.41) is 16.1. The van der Waals surface area contributed by atoms with Crippen molar-refractivity contribution in [3.63, 3.8) is 0 Å².